The maximum atomic E-state index is 14.1. The molecule has 126 valence electrons. The minimum atomic E-state index is -0.412. The van der Waals surface area contributed by atoms with Gasteiger partial charge in [-0.15, -0.1) is 0 Å². The Balaban J connectivity index is 1.71. The first kappa shape index (κ1) is 16.4. The lowest BCUT2D eigenvalue weighted by molar-refractivity contribution is 0.0296. The highest BCUT2D eigenvalue weighted by atomic mass is 19.1. The maximum absolute atomic E-state index is 14.1. The molecule has 4 nitrogen and oxygen atoms in total. The highest BCUT2D eigenvalue weighted by Crippen LogP contribution is 2.29. The topological polar surface area (TPSA) is 32.8 Å². The number of carbonyl (C=O) groups is 1. The summed E-state index contributed by atoms with van der Waals surface area (Å²) in [4.78, 5) is 16.5. The third-order valence-corrected chi connectivity index (χ3v) is 4.82. The number of morpholine rings is 1. The molecule has 0 aromatic heterocycles. The van der Waals surface area contributed by atoms with Crippen molar-refractivity contribution >= 4 is 11.5 Å². The number of carbonyl (C=O) groups excluding carboxylic acids is 1. The van der Waals surface area contributed by atoms with Crippen LogP contribution in [0.2, 0.25) is 0 Å². The van der Waals surface area contributed by atoms with Crippen molar-refractivity contribution in [1.82, 2.24) is 4.90 Å². The molecule has 2 aliphatic rings. The van der Waals surface area contributed by atoms with E-state index >= 15 is 0 Å². The molecule has 23 heavy (non-hydrogen) atoms. The van der Waals surface area contributed by atoms with Gasteiger partial charge in [-0.2, -0.15) is 0 Å². The molecule has 0 amide bonds. The van der Waals surface area contributed by atoms with Crippen molar-refractivity contribution in [2.24, 2.45) is 5.92 Å². The van der Waals surface area contributed by atoms with Crippen molar-refractivity contribution in [2.45, 2.75) is 19.8 Å². The molecule has 3 rings (SSSR count). The van der Waals surface area contributed by atoms with E-state index in [-0.39, 0.29) is 11.3 Å². The van der Waals surface area contributed by atoms with Crippen LogP contribution in [0.15, 0.2) is 18.2 Å². The monoisotopic (exact) mass is 320 g/mol. The van der Waals surface area contributed by atoms with Gasteiger partial charge in [0.2, 0.25) is 0 Å². The Bertz CT molecular complexity index is 558. The number of benzene rings is 1. The van der Waals surface area contributed by atoms with Crippen molar-refractivity contribution in [2.75, 3.05) is 50.8 Å². The predicted octanol–water partition coefficient (Wildman–Crippen LogP) is 2.58. The summed E-state index contributed by atoms with van der Waals surface area (Å²) in [7, 11) is 0. The Morgan fingerprint density at radius 1 is 1.30 bits per heavy atom. The predicted molar refractivity (Wildman–Crippen MR) is 88.6 cm³/mol. The fourth-order valence-corrected chi connectivity index (χ4v) is 3.71. The minimum absolute atomic E-state index is 0.201. The first-order chi connectivity index (χ1) is 11.1. The van der Waals surface area contributed by atoms with E-state index in [1.807, 2.05) is 6.07 Å². The molecule has 1 atom stereocenters. The molecule has 2 saturated heterocycles. The Kier molecular flexibility index (Phi) is 5.28. The molecule has 0 radical (unpaired) electrons. The Labute approximate surface area is 137 Å². The van der Waals surface area contributed by atoms with E-state index in [2.05, 4.69) is 9.80 Å². The molecule has 0 bridgehead atoms. The van der Waals surface area contributed by atoms with E-state index in [1.54, 1.807) is 6.07 Å². The zero-order valence-corrected chi connectivity index (χ0v) is 13.8. The third-order valence-electron chi connectivity index (χ3n) is 4.82. The van der Waals surface area contributed by atoms with Crippen molar-refractivity contribution in [3.63, 3.8) is 0 Å². The zero-order valence-electron chi connectivity index (χ0n) is 13.8. The summed E-state index contributed by atoms with van der Waals surface area (Å²) in [5.74, 6) is -0.0522. The number of Topliss-reactive ketones (excluding diaryl/α,β-unsaturated/α-hetero) is 1. The van der Waals surface area contributed by atoms with Crippen LogP contribution in [0.1, 0.15) is 30.1 Å². The fourth-order valence-electron chi connectivity index (χ4n) is 3.71. The summed E-state index contributed by atoms with van der Waals surface area (Å²) in [5, 5.41) is 0. The van der Waals surface area contributed by atoms with Gasteiger partial charge in [0.15, 0.2) is 5.78 Å². The first-order valence-corrected chi connectivity index (χ1v) is 8.49. The molecular weight excluding hydrogens is 295 g/mol. The summed E-state index contributed by atoms with van der Waals surface area (Å²) in [6.07, 6.45) is 2.28. The van der Waals surface area contributed by atoms with Gasteiger partial charge in [0.25, 0.3) is 0 Å². The van der Waals surface area contributed by atoms with Crippen LogP contribution in [0.5, 0.6) is 0 Å². The van der Waals surface area contributed by atoms with Gasteiger partial charge in [-0.1, -0.05) is 6.07 Å². The normalized spacial score (nSPS) is 23.0. The minimum Gasteiger partial charge on any atom is -0.379 e. The van der Waals surface area contributed by atoms with Gasteiger partial charge in [-0.25, -0.2) is 4.39 Å². The maximum Gasteiger partial charge on any atom is 0.164 e. The van der Waals surface area contributed by atoms with Gasteiger partial charge in [-0.05, 0) is 37.8 Å². The number of anilines is 1. The average molecular weight is 320 g/mol. The van der Waals surface area contributed by atoms with Crippen LogP contribution in [-0.2, 0) is 4.74 Å². The summed E-state index contributed by atoms with van der Waals surface area (Å²) < 4.78 is 19.5. The van der Waals surface area contributed by atoms with Gasteiger partial charge < -0.3 is 9.64 Å². The Morgan fingerprint density at radius 3 is 2.83 bits per heavy atom. The van der Waals surface area contributed by atoms with Crippen LogP contribution in [0.3, 0.4) is 0 Å². The van der Waals surface area contributed by atoms with Crippen LogP contribution in [0.4, 0.5) is 10.1 Å². The second-order valence-electron chi connectivity index (χ2n) is 6.56. The summed E-state index contributed by atoms with van der Waals surface area (Å²) in [5.41, 5.74) is 0.990. The molecule has 2 fully saturated rings. The van der Waals surface area contributed by atoms with Gasteiger partial charge in [0.05, 0.1) is 24.5 Å². The lowest BCUT2D eigenvalue weighted by atomic mass is 9.95. The zero-order chi connectivity index (χ0) is 16.2. The van der Waals surface area contributed by atoms with Crippen molar-refractivity contribution < 1.29 is 13.9 Å². The molecule has 2 aliphatic heterocycles. The molecular formula is C18H25FN2O2. The largest absolute Gasteiger partial charge is 0.379 e. The fraction of sp³-hybridized carbons (Fsp3) is 0.611. The number of halogens is 1. The lowest BCUT2D eigenvalue weighted by Gasteiger charge is -2.38. The number of piperidine rings is 1. The standard InChI is InChI=1S/C18H25FN2O2/c1-14(22)18-16(19)5-2-6-17(18)21-7-3-4-15(13-21)12-20-8-10-23-11-9-20/h2,5-6,15H,3-4,7-13H2,1H3/t15-/m0/s1. The molecule has 0 spiro atoms. The van der Waals surface area contributed by atoms with Crippen LogP contribution in [0.25, 0.3) is 0 Å². The van der Waals surface area contributed by atoms with E-state index in [0.29, 0.717) is 5.92 Å². The van der Waals surface area contributed by atoms with Gasteiger partial charge in [0, 0.05) is 32.7 Å². The summed E-state index contributed by atoms with van der Waals surface area (Å²) in [6.45, 7) is 7.90. The average Bonchev–Trinajstić information content (AvgIpc) is 2.55. The molecule has 0 N–H and O–H groups in total. The van der Waals surface area contributed by atoms with Gasteiger partial charge in [-0.3, -0.25) is 9.69 Å². The van der Waals surface area contributed by atoms with E-state index < -0.39 is 5.82 Å². The number of rotatable bonds is 4. The quantitative estimate of drug-likeness (QED) is 0.798. The number of nitrogens with zero attached hydrogens (tertiary/aromatic N) is 2. The molecule has 0 aliphatic carbocycles. The van der Waals surface area contributed by atoms with Crippen LogP contribution < -0.4 is 4.90 Å². The molecule has 1 aromatic carbocycles. The number of hydrogen-bond donors (Lipinski definition) is 0. The van der Waals surface area contributed by atoms with Gasteiger partial charge >= 0.3 is 0 Å². The number of ketones is 1. The SMILES string of the molecule is CC(=O)c1c(F)cccc1N1CCC[C@@H](CN2CCOCC2)C1. The van der Waals surface area contributed by atoms with E-state index in [0.717, 1.165) is 58.0 Å². The van der Waals surface area contributed by atoms with Crippen molar-refractivity contribution in [3.05, 3.63) is 29.6 Å². The Hall–Kier alpha value is -1.46. The lowest BCUT2D eigenvalue weighted by Crippen LogP contribution is -2.44. The molecule has 1 aromatic rings. The summed E-state index contributed by atoms with van der Waals surface area (Å²) in [6, 6.07) is 4.94. The van der Waals surface area contributed by atoms with Crippen molar-refractivity contribution in [1.29, 1.82) is 0 Å². The molecule has 0 saturated carbocycles. The Morgan fingerprint density at radius 2 is 2.09 bits per heavy atom. The van der Waals surface area contributed by atoms with Crippen LogP contribution in [0, 0.1) is 11.7 Å². The molecule has 0 unspecified atom stereocenters. The summed E-state index contributed by atoms with van der Waals surface area (Å²) >= 11 is 0. The van der Waals surface area contributed by atoms with Crippen LogP contribution in [-0.4, -0.2) is 56.6 Å². The van der Waals surface area contributed by atoms with Crippen LogP contribution >= 0.6 is 0 Å². The highest BCUT2D eigenvalue weighted by molar-refractivity contribution is 6.00. The van der Waals surface area contributed by atoms with E-state index in [1.165, 1.54) is 19.4 Å². The van der Waals surface area contributed by atoms with E-state index in [4.69, 9.17) is 4.74 Å². The molecule has 2 heterocycles. The third kappa shape index (κ3) is 3.90. The number of ether oxygens (including phenoxy) is 1. The second kappa shape index (κ2) is 7.41. The molecule has 5 heteroatoms. The smallest absolute Gasteiger partial charge is 0.164 e. The highest BCUT2D eigenvalue weighted by Gasteiger charge is 2.26. The first-order valence-electron chi connectivity index (χ1n) is 8.49. The van der Waals surface area contributed by atoms with E-state index in [9.17, 15) is 9.18 Å². The second-order valence-corrected chi connectivity index (χ2v) is 6.56. The number of hydrogen-bond acceptors (Lipinski definition) is 4. The van der Waals surface area contributed by atoms with Crippen molar-refractivity contribution in [3.8, 4) is 0 Å². The van der Waals surface area contributed by atoms with Gasteiger partial charge in [0.1, 0.15) is 5.82 Å².